The molecule has 26 heavy (non-hydrogen) atoms. The topological polar surface area (TPSA) is 85.3 Å². The van der Waals surface area contributed by atoms with Crippen LogP contribution in [0, 0.1) is 6.92 Å². The number of hydrogen-bond acceptors (Lipinski definition) is 5. The van der Waals surface area contributed by atoms with Gasteiger partial charge in [-0.25, -0.2) is 9.78 Å². The van der Waals surface area contributed by atoms with E-state index in [0.29, 0.717) is 25.1 Å². The standard InChI is InChI=1S/C17H23IN4O3S/c1-11-10-22(26-18)14-13(11)8-12(9-21-14)15(23)19-6-5-7-20-16(24)25-17(2,3)4/h8-10H,5-7H2,1-4H3,(H,19,23)(H,20,24). The third-order valence-electron chi connectivity index (χ3n) is 3.46. The highest BCUT2D eigenvalue weighted by Gasteiger charge is 2.15. The van der Waals surface area contributed by atoms with Crippen LogP contribution >= 0.6 is 30.3 Å². The van der Waals surface area contributed by atoms with Crippen molar-refractivity contribution in [2.45, 2.75) is 39.7 Å². The number of aryl methyl sites for hydroxylation is 1. The fourth-order valence-corrected chi connectivity index (χ4v) is 3.61. The average molecular weight is 490 g/mol. The minimum Gasteiger partial charge on any atom is -0.444 e. The van der Waals surface area contributed by atoms with Crippen LogP contribution in [-0.4, -0.2) is 39.6 Å². The minimum absolute atomic E-state index is 0.175. The number of rotatable bonds is 6. The second-order valence-electron chi connectivity index (χ2n) is 6.84. The van der Waals surface area contributed by atoms with E-state index in [1.165, 1.54) is 9.12 Å². The maximum absolute atomic E-state index is 12.3. The summed E-state index contributed by atoms with van der Waals surface area (Å²) in [6.07, 6.45) is 3.74. The molecule has 142 valence electrons. The second kappa shape index (κ2) is 8.94. The number of fused-ring (bicyclic) bond motifs is 1. The Morgan fingerprint density at radius 1 is 1.31 bits per heavy atom. The summed E-state index contributed by atoms with van der Waals surface area (Å²) < 4.78 is 7.12. The first-order valence-electron chi connectivity index (χ1n) is 8.23. The molecule has 2 aromatic rings. The number of aromatic nitrogens is 2. The summed E-state index contributed by atoms with van der Waals surface area (Å²) in [6, 6.07) is 1.86. The van der Waals surface area contributed by atoms with Crippen LogP contribution in [0.15, 0.2) is 18.5 Å². The molecule has 9 heteroatoms. The molecule has 0 aliphatic heterocycles. The van der Waals surface area contributed by atoms with E-state index in [9.17, 15) is 9.59 Å². The molecule has 0 aromatic carbocycles. The molecule has 2 heterocycles. The number of carbonyl (C=O) groups excluding carboxylic acids is 2. The lowest BCUT2D eigenvalue weighted by molar-refractivity contribution is 0.0527. The van der Waals surface area contributed by atoms with Gasteiger partial charge in [0.05, 0.1) is 5.56 Å². The molecule has 0 atom stereocenters. The van der Waals surface area contributed by atoms with Crippen molar-refractivity contribution in [1.29, 1.82) is 0 Å². The Morgan fingerprint density at radius 2 is 2.00 bits per heavy atom. The highest BCUT2D eigenvalue weighted by atomic mass is 127. The van der Waals surface area contributed by atoms with Gasteiger partial charge in [0.2, 0.25) is 0 Å². The van der Waals surface area contributed by atoms with E-state index in [-0.39, 0.29) is 5.91 Å². The minimum atomic E-state index is -0.517. The highest BCUT2D eigenvalue weighted by Crippen LogP contribution is 2.27. The van der Waals surface area contributed by atoms with Crippen molar-refractivity contribution in [1.82, 2.24) is 19.6 Å². The molecule has 0 bridgehead atoms. The van der Waals surface area contributed by atoms with Crippen molar-refractivity contribution in [2.75, 3.05) is 13.1 Å². The van der Waals surface area contributed by atoms with Crippen LogP contribution in [0.3, 0.4) is 0 Å². The Labute approximate surface area is 169 Å². The van der Waals surface area contributed by atoms with Gasteiger partial charge in [0.15, 0.2) is 5.65 Å². The Balaban J connectivity index is 1.82. The quantitative estimate of drug-likeness (QED) is 0.475. The smallest absolute Gasteiger partial charge is 0.407 e. The first-order chi connectivity index (χ1) is 12.2. The summed E-state index contributed by atoms with van der Waals surface area (Å²) in [7, 11) is 1.54. The van der Waals surface area contributed by atoms with Crippen LogP contribution in [0.5, 0.6) is 0 Å². The van der Waals surface area contributed by atoms with Gasteiger partial charge < -0.3 is 15.4 Å². The van der Waals surface area contributed by atoms with Crippen molar-refractivity contribution in [3.05, 3.63) is 29.6 Å². The van der Waals surface area contributed by atoms with Gasteiger partial charge in [-0.05, 0) is 45.7 Å². The summed E-state index contributed by atoms with van der Waals surface area (Å²) in [5, 5.41) is 6.47. The number of ether oxygens (including phenoxy) is 1. The Hall–Kier alpha value is -1.49. The molecule has 2 aromatic heterocycles. The summed E-state index contributed by atoms with van der Waals surface area (Å²) in [4.78, 5) is 28.2. The molecule has 0 saturated carbocycles. The van der Waals surface area contributed by atoms with Crippen molar-refractivity contribution < 1.29 is 14.3 Å². The Bertz CT molecular complexity index is 801. The number of pyridine rings is 1. The lowest BCUT2D eigenvalue weighted by atomic mass is 10.2. The fraction of sp³-hybridized carbons (Fsp3) is 0.471. The van der Waals surface area contributed by atoms with E-state index < -0.39 is 11.7 Å². The van der Waals surface area contributed by atoms with Crippen molar-refractivity contribution in [2.24, 2.45) is 0 Å². The van der Waals surface area contributed by atoms with Gasteiger partial charge in [0.1, 0.15) is 5.60 Å². The zero-order chi connectivity index (χ0) is 19.3. The molecule has 0 aliphatic rings. The largest absolute Gasteiger partial charge is 0.444 e. The molecule has 2 amide bonds. The van der Waals surface area contributed by atoms with Crippen LogP contribution < -0.4 is 10.6 Å². The summed E-state index contributed by atoms with van der Waals surface area (Å²) in [5.41, 5.74) is 1.93. The first-order valence-corrected chi connectivity index (χ1v) is 11.5. The van der Waals surface area contributed by atoms with Gasteiger partial charge in [-0.15, -0.1) is 0 Å². The number of nitrogens with one attached hydrogen (secondary N) is 2. The summed E-state index contributed by atoms with van der Waals surface area (Å²) in [6.45, 7) is 8.32. The van der Waals surface area contributed by atoms with Gasteiger partial charge in [0, 0.05) is 61.2 Å². The molecular weight excluding hydrogens is 467 g/mol. The van der Waals surface area contributed by atoms with E-state index in [0.717, 1.165) is 16.6 Å². The number of halogens is 1. The molecule has 2 N–H and O–H groups in total. The average Bonchev–Trinajstić information content (AvgIpc) is 2.88. The highest BCUT2D eigenvalue weighted by molar-refractivity contribution is 14.2. The predicted octanol–water partition coefficient (Wildman–Crippen LogP) is 3.84. The summed E-state index contributed by atoms with van der Waals surface area (Å²) in [5.74, 6) is -0.175. The van der Waals surface area contributed by atoms with Crippen LogP contribution in [0.1, 0.15) is 43.1 Å². The monoisotopic (exact) mass is 490 g/mol. The van der Waals surface area contributed by atoms with E-state index in [4.69, 9.17) is 4.74 Å². The number of amides is 2. The normalized spacial score (nSPS) is 11.4. The molecule has 0 saturated heterocycles. The SMILES string of the molecule is Cc1cn(SI)c2ncc(C(=O)NCCCNC(=O)OC(C)(C)C)cc12. The van der Waals surface area contributed by atoms with E-state index in [1.807, 2.05) is 43.9 Å². The lowest BCUT2D eigenvalue weighted by Gasteiger charge is -2.19. The van der Waals surface area contributed by atoms with Gasteiger partial charge in [-0.2, -0.15) is 0 Å². The van der Waals surface area contributed by atoms with Crippen molar-refractivity contribution in [3.63, 3.8) is 0 Å². The van der Waals surface area contributed by atoms with Crippen molar-refractivity contribution in [3.8, 4) is 0 Å². The maximum Gasteiger partial charge on any atom is 0.407 e. The fourth-order valence-electron chi connectivity index (χ4n) is 2.30. The van der Waals surface area contributed by atoms with Gasteiger partial charge in [0.25, 0.3) is 5.91 Å². The van der Waals surface area contributed by atoms with Crippen LogP contribution in [-0.2, 0) is 4.74 Å². The van der Waals surface area contributed by atoms with Crippen LogP contribution in [0.25, 0.3) is 11.0 Å². The van der Waals surface area contributed by atoms with Gasteiger partial charge in [-0.1, -0.05) is 0 Å². The molecule has 0 radical (unpaired) electrons. The van der Waals surface area contributed by atoms with E-state index in [2.05, 4.69) is 36.8 Å². The molecule has 0 unspecified atom stereocenters. The molecular formula is C17H23IN4O3S. The molecule has 7 nitrogen and oxygen atoms in total. The van der Waals surface area contributed by atoms with E-state index >= 15 is 0 Å². The molecule has 2 rings (SSSR count). The zero-order valence-corrected chi connectivity index (χ0v) is 18.2. The second-order valence-corrected chi connectivity index (χ2v) is 8.55. The first kappa shape index (κ1) is 20.8. The zero-order valence-electron chi connectivity index (χ0n) is 15.3. The molecule has 0 aliphatic carbocycles. The maximum atomic E-state index is 12.3. The van der Waals surface area contributed by atoms with Crippen LogP contribution in [0.2, 0.25) is 0 Å². The number of nitrogens with zero attached hydrogens (tertiary/aromatic N) is 2. The van der Waals surface area contributed by atoms with Crippen molar-refractivity contribution >= 4 is 53.4 Å². The van der Waals surface area contributed by atoms with Crippen LogP contribution in [0.4, 0.5) is 4.79 Å². The van der Waals surface area contributed by atoms with Gasteiger partial charge in [-0.3, -0.25) is 8.77 Å². The number of alkyl carbamates (subject to hydrolysis) is 1. The third-order valence-corrected chi connectivity index (χ3v) is 5.16. The number of hydrogen-bond donors (Lipinski definition) is 2. The number of carbonyl (C=O) groups is 2. The lowest BCUT2D eigenvalue weighted by Crippen LogP contribution is -2.34. The third kappa shape index (κ3) is 5.76. The summed E-state index contributed by atoms with van der Waals surface area (Å²) >= 11 is 2.20. The Kier molecular flexibility index (Phi) is 7.16. The predicted molar refractivity (Wildman–Crippen MR) is 113 cm³/mol. The molecule has 0 fully saturated rings. The van der Waals surface area contributed by atoms with E-state index in [1.54, 1.807) is 6.20 Å². The Morgan fingerprint density at radius 3 is 2.65 bits per heavy atom. The molecule has 0 spiro atoms. The van der Waals surface area contributed by atoms with Gasteiger partial charge >= 0.3 is 6.09 Å².